The molecular formula is C17H20ClN2O+. The Labute approximate surface area is 130 Å². The summed E-state index contributed by atoms with van der Waals surface area (Å²) in [6.07, 6.45) is 6.37. The molecule has 1 unspecified atom stereocenters. The number of hydrogen-bond donors (Lipinski definition) is 1. The van der Waals surface area contributed by atoms with Crippen LogP contribution < -0.4 is 14.5 Å². The van der Waals surface area contributed by atoms with Gasteiger partial charge in [-0.2, -0.15) is 0 Å². The van der Waals surface area contributed by atoms with Crippen molar-refractivity contribution in [3.63, 3.8) is 0 Å². The predicted molar refractivity (Wildman–Crippen MR) is 88.0 cm³/mol. The van der Waals surface area contributed by atoms with E-state index in [0.717, 1.165) is 33.4 Å². The number of fused-ring (bicyclic) bond motifs is 2. The van der Waals surface area contributed by atoms with Crippen LogP contribution in [0.1, 0.15) is 5.56 Å². The van der Waals surface area contributed by atoms with Crippen LogP contribution in [0.25, 0.3) is 5.03 Å². The standard InChI is InChI=1S/C17H19ClN2O/c1-19(2)11-5-7-13-15(9-11)21-16-10-12(20(3)4)6-8-14(16)17(13)18/h5-11H,1-4H3/p+1. The summed E-state index contributed by atoms with van der Waals surface area (Å²) >= 11 is 6.57. The van der Waals surface area contributed by atoms with Crippen LogP contribution in [0.2, 0.25) is 0 Å². The lowest BCUT2D eigenvalue weighted by Gasteiger charge is -2.27. The second-order valence-electron chi connectivity index (χ2n) is 5.90. The van der Waals surface area contributed by atoms with E-state index in [1.54, 1.807) is 0 Å². The monoisotopic (exact) mass is 303 g/mol. The Morgan fingerprint density at radius 3 is 2.67 bits per heavy atom. The number of anilines is 1. The summed E-state index contributed by atoms with van der Waals surface area (Å²) < 4.78 is 6.11. The molecule has 110 valence electrons. The summed E-state index contributed by atoms with van der Waals surface area (Å²) in [5.41, 5.74) is 3.03. The molecule has 0 aromatic heterocycles. The van der Waals surface area contributed by atoms with Gasteiger partial charge in [0.25, 0.3) is 0 Å². The lowest BCUT2D eigenvalue weighted by Crippen LogP contribution is -3.09. The maximum absolute atomic E-state index is 6.57. The zero-order valence-corrected chi connectivity index (χ0v) is 13.5. The number of nitrogens with zero attached hydrogens (tertiary/aromatic N) is 1. The van der Waals surface area contributed by atoms with E-state index in [1.807, 2.05) is 26.2 Å². The van der Waals surface area contributed by atoms with Crippen molar-refractivity contribution in [2.75, 3.05) is 33.1 Å². The van der Waals surface area contributed by atoms with Crippen molar-refractivity contribution in [2.45, 2.75) is 6.04 Å². The Kier molecular flexibility index (Phi) is 3.56. The fourth-order valence-electron chi connectivity index (χ4n) is 2.54. The molecule has 3 rings (SSSR count). The van der Waals surface area contributed by atoms with Crippen molar-refractivity contribution in [3.05, 3.63) is 53.3 Å². The van der Waals surface area contributed by atoms with Gasteiger partial charge in [0.05, 0.1) is 19.1 Å². The molecule has 0 radical (unpaired) electrons. The summed E-state index contributed by atoms with van der Waals surface area (Å²) in [5, 5.41) is 0.760. The fourth-order valence-corrected chi connectivity index (χ4v) is 2.85. The maximum Gasteiger partial charge on any atom is 0.138 e. The third-order valence-electron chi connectivity index (χ3n) is 3.91. The number of hydrogen-bond acceptors (Lipinski definition) is 2. The molecule has 0 bridgehead atoms. The minimum Gasteiger partial charge on any atom is -0.456 e. The average Bonchev–Trinajstić information content (AvgIpc) is 2.46. The molecule has 3 nitrogen and oxygen atoms in total. The maximum atomic E-state index is 6.57. The fraction of sp³-hybridized carbons (Fsp3) is 0.294. The molecule has 4 heteroatoms. The molecule has 21 heavy (non-hydrogen) atoms. The highest BCUT2D eigenvalue weighted by Gasteiger charge is 2.27. The van der Waals surface area contributed by atoms with E-state index < -0.39 is 0 Å². The van der Waals surface area contributed by atoms with Crippen molar-refractivity contribution in [2.24, 2.45) is 0 Å². The molecule has 0 saturated heterocycles. The summed E-state index contributed by atoms with van der Waals surface area (Å²) in [5.74, 6) is 1.68. The smallest absolute Gasteiger partial charge is 0.138 e. The van der Waals surface area contributed by atoms with E-state index in [9.17, 15) is 0 Å². The topological polar surface area (TPSA) is 16.9 Å². The Bertz CT molecular complexity index is 671. The zero-order valence-electron chi connectivity index (χ0n) is 12.8. The largest absolute Gasteiger partial charge is 0.456 e. The Morgan fingerprint density at radius 2 is 2.00 bits per heavy atom. The second kappa shape index (κ2) is 5.24. The molecule has 1 heterocycles. The van der Waals surface area contributed by atoms with Gasteiger partial charge in [-0.1, -0.05) is 11.6 Å². The van der Waals surface area contributed by atoms with E-state index in [-0.39, 0.29) is 0 Å². The summed E-state index contributed by atoms with van der Waals surface area (Å²) in [6, 6.07) is 6.42. The molecule has 0 saturated carbocycles. The Morgan fingerprint density at radius 1 is 1.24 bits per heavy atom. The lowest BCUT2D eigenvalue weighted by molar-refractivity contribution is -0.871. The number of benzene rings is 1. The molecule has 1 aliphatic heterocycles. The van der Waals surface area contributed by atoms with Gasteiger partial charge in [-0.15, -0.1) is 0 Å². The van der Waals surface area contributed by atoms with Crippen LogP contribution in [0.3, 0.4) is 0 Å². The quantitative estimate of drug-likeness (QED) is 0.901. The average molecular weight is 304 g/mol. The van der Waals surface area contributed by atoms with E-state index in [2.05, 4.69) is 43.3 Å². The zero-order chi connectivity index (χ0) is 15.1. The van der Waals surface area contributed by atoms with E-state index >= 15 is 0 Å². The number of ether oxygens (including phenoxy) is 1. The molecule has 0 fully saturated rings. The summed E-state index contributed by atoms with van der Waals surface area (Å²) in [6.45, 7) is 0. The van der Waals surface area contributed by atoms with Gasteiger partial charge in [0.1, 0.15) is 17.6 Å². The first kappa shape index (κ1) is 14.2. The van der Waals surface area contributed by atoms with Gasteiger partial charge in [0.2, 0.25) is 0 Å². The molecule has 2 aliphatic rings. The van der Waals surface area contributed by atoms with Crippen LogP contribution in [0, 0.1) is 0 Å². The normalized spacial score (nSPS) is 19.9. The molecule has 0 amide bonds. The van der Waals surface area contributed by atoms with Gasteiger partial charge in [0.15, 0.2) is 0 Å². The van der Waals surface area contributed by atoms with Crippen LogP contribution in [0.15, 0.2) is 47.8 Å². The van der Waals surface area contributed by atoms with E-state index in [0.29, 0.717) is 6.04 Å². The highest BCUT2D eigenvalue weighted by molar-refractivity contribution is 6.50. The van der Waals surface area contributed by atoms with Crippen molar-refractivity contribution in [1.82, 2.24) is 0 Å². The van der Waals surface area contributed by atoms with Crippen LogP contribution in [-0.4, -0.2) is 34.2 Å². The molecular weight excluding hydrogens is 284 g/mol. The van der Waals surface area contributed by atoms with Crippen molar-refractivity contribution < 1.29 is 9.64 Å². The lowest BCUT2D eigenvalue weighted by atomic mass is 9.98. The van der Waals surface area contributed by atoms with Crippen molar-refractivity contribution in [3.8, 4) is 5.75 Å². The van der Waals surface area contributed by atoms with Gasteiger partial charge < -0.3 is 14.5 Å². The number of allylic oxidation sites excluding steroid dienone is 1. The van der Waals surface area contributed by atoms with Gasteiger partial charge in [-0.3, -0.25) is 0 Å². The first-order chi connectivity index (χ1) is 9.97. The van der Waals surface area contributed by atoms with Gasteiger partial charge in [0, 0.05) is 43.1 Å². The number of halogens is 1. The van der Waals surface area contributed by atoms with Crippen LogP contribution in [-0.2, 0) is 0 Å². The SMILES string of the molecule is CN(C)c1ccc2c(c1)OC1=CC([NH+](C)C)C=CC1=C2Cl. The molecule has 1 aliphatic carbocycles. The Hall–Kier alpha value is -1.71. The van der Waals surface area contributed by atoms with Gasteiger partial charge in [-0.25, -0.2) is 0 Å². The number of likely N-dealkylation sites (N-methyl/N-ethyl adjacent to an activating group) is 1. The first-order valence-corrected chi connectivity index (χ1v) is 7.45. The summed E-state index contributed by atoms with van der Waals surface area (Å²) in [4.78, 5) is 3.39. The van der Waals surface area contributed by atoms with E-state index in [4.69, 9.17) is 16.3 Å². The number of quaternary nitrogens is 1. The second-order valence-corrected chi connectivity index (χ2v) is 6.28. The number of nitrogens with one attached hydrogen (secondary N) is 1. The van der Waals surface area contributed by atoms with Crippen LogP contribution in [0.4, 0.5) is 5.69 Å². The Balaban J connectivity index is 2.07. The van der Waals surface area contributed by atoms with E-state index in [1.165, 1.54) is 4.90 Å². The minimum absolute atomic E-state index is 0.312. The third kappa shape index (κ3) is 2.47. The minimum atomic E-state index is 0.312. The molecule has 0 spiro atoms. The molecule has 1 N–H and O–H groups in total. The first-order valence-electron chi connectivity index (χ1n) is 7.07. The predicted octanol–water partition coefficient (Wildman–Crippen LogP) is 2.06. The van der Waals surface area contributed by atoms with Crippen molar-refractivity contribution >= 4 is 22.3 Å². The number of rotatable bonds is 2. The highest BCUT2D eigenvalue weighted by Crippen LogP contribution is 2.42. The van der Waals surface area contributed by atoms with Crippen LogP contribution in [0.5, 0.6) is 5.75 Å². The van der Waals surface area contributed by atoms with Crippen molar-refractivity contribution in [1.29, 1.82) is 0 Å². The molecule has 1 aromatic carbocycles. The van der Waals surface area contributed by atoms with Gasteiger partial charge >= 0.3 is 0 Å². The molecule has 1 atom stereocenters. The highest BCUT2D eigenvalue weighted by atomic mass is 35.5. The third-order valence-corrected chi connectivity index (χ3v) is 4.31. The molecule has 1 aromatic rings. The summed E-state index contributed by atoms with van der Waals surface area (Å²) in [7, 11) is 8.29. The van der Waals surface area contributed by atoms with Gasteiger partial charge in [-0.05, 0) is 24.3 Å². The van der Waals surface area contributed by atoms with Crippen LogP contribution >= 0.6 is 11.6 Å².